The fourth-order valence-electron chi connectivity index (χ4n) is 1.92. The van der Waals surface area contributed by atoms with Gasteiger partial charge in [-0.3, -0.25) is 4.79 Å². The van der Waals surface area contributed by atoms with Gasteiger partial charge in [0, 0.05) is 19.0 Å². The second kappa shape index (κ2) is 5.40. The maximum atomic E-state index is 11.9. The van der Waals surface area contributed by atoms with Gasteiger partial charge in [0.15, 0.2) is 0 Å². The number of amides is 1. The molecule has 0 aliphatic heterocycles. The maximum Gasteiger partial charge on any atom is 0.224 e. The molecule has 0 aliphatic carbocycles. The highest BCUT2D eigenvalue weighted by Gasteiger charge is 2.17. The molecule has 1 heterocycles. The highest BCUT2D eigenvalue weighted by Crippen LogP contribution is 2.14. The summed E-state index contributed by atoms with van der Waals surface area (Å²) in [5.74, 6) is 0.600. The van der Waals surface area contributed by atoms with Crippen molar-refractivity contribution in [2.75, 3.05) is 0 Å². The third kappa shape index (κ3) is 2.76. The molecule has 3 N–H and O–H groups in total. The maximum absolute atomic E-state index is 11.9. The van der Waals surface area contributed by atoms with Crippen molar-refractivity contribution >= 4 is 16.9 Å². The normalized spacial score (nSPS) is 14.3. The standard InChI is InChI=1S/C14H20N4O/c1-9(10(2)15)14(19)16-8-13-17-11-6-4-5-7-12(11)18(13)3/h4-7,9-10H,8,15H2,1-3H3,(H,16,19). The SMILES string of the molecule is CC(N)C(C)C(=O)NCc1nc2ccccc2n1C. The number of carbonyl (C=O) groups excluding carboxylic acids is 1. The molecule has 19 heavy (non-hydrogen) atoms. The lowest BCUT2D eigenvalue weighted by Gasteiger charge is -2.15. The molecule has 102 valence electrons. The summed E-state index contributed by atoms with van der Waals surface area (Å²) in [7, 11) is 1.95. The summed E-state index contributed by atoms with van der Waals surface area (Å²) in [6.07, 6.45) is 0. The van der Waals surface area contributed by atoms with Crippen LogP contribution < -0.4 is 11.1 Å². The number of hydrogen-bond acceptors (Lipinski definition) is 3. The van der Waals surface area contributed by atoms with E-state index in [1.807, 2.05) is 49.7 Å². The average molecular weight is 260 g/mol. The smallest absolute Gasteiger partial charge is 0.224 e. The molecular weight excluding hydrogens is 240 g/mol. The zero-order valence-corrected chi connectivity index (χ0v) is 11.6. The molecule has 1 aromatic carbocycles. The highest BCUT2D eigenvalue weighted by atomic mass is 16.1. The highest BCUT2D eigenvalue weighted by molar-refractivity contribution is 5.79. The van der Waals surface area contributed by atoms with Crippen molar-refractivity contribution in [1.29, 1.82) is 0 Å². The van der Waals surface area contributed by atoms with Gasteiger partial charge in [-0.05, 0) is 19.1 Å². The lowest BCUT2D eigenvalue weighted by atomic mass is 10.0. The van der Waals surface area contributed by atoms with Crippen molar-refractivity contribution in [3.8, 4) is 0 Å². The minimum atomic E-state index is -0.199. The average Bonchev–Trinajstić information content (AvgIpc) is 2.72. The first-order chi connectivity index (χ1) is 9.00. The molecule has 2 atom stereocenters. The molecule has 0 bridgehead atoms. The van der Waals surface area contributed by atoms with Crippen LogP contribution >= 0.6 is 0 Å². The van der Waals surface area contributed by atoms with Gasteiger partial charge >= 0.3 is 0 Å². The van der Waals surface area contributed by atoms with Gasteiger partial charge in [-0.15, -0.1) is 0 Å². The van der Waals surface area contributed by atoms with Crippen LogP contribution in [0.2, 0.25) is 0 Å². The Morgan fingerprint density at radius 2 is 2.11 bits per heavy atom. The number of nitrogens with one attached hydrogen (secondary N) is 1. The molecule has 2 unspecified atom stereocenters. The summed E-state index contributed by atoms with van der Waals surface area (Å²) in [5, 5.41) is 2.88. The number of hydrogen-bond donors (Lipinski definition) is 2. The number of para-hydroxylation sites is 2. The summed E-state index contributed by atoms with van der Waals surface area (Å²) >= 11 is 0. The van der Waals surface area contributed by atoms with Crippen molar-refractivity contribution < 1.29 is 4.79 Å². The van der Waals surface area contributed by atoms with Crippen molar-refractivity contribution in [3.63, 3.8) is 0 Å². The topological polar surface area (TPSA) is 72.9 Å². The molecule has 5 heteroatoms. The summed E-state index contributed by atoms with van der Waals surface area (Å²) in [4.78, 5) is 16.4. The largest absolute Gasteiger partial charge is 0.349 e. The van der Waals surface area contributed by atoms with E-state index in [2.05, 4.69) is 10.3 Å². The van der Waals surface area contributed by atoms with E-state index in [0.717, 1.165) is 16.9 Å². The van der Waals surface area contributed by atoms with E-state index in [1.165, 1.54) is 0 Å². The number of benzene rings is 1. The van der Waals surface area contributed by atoms with Crippen molar-refractivity contribution in [1.82, 2.24) is 14.9 Å². The van der Waals surface area contributed by atoms with Crippen LogP contribution in [0, 0.1) is 5.92 Å². The van der Waals surface area contributed by atoms with E-state index in [1.54, 1.807) is 0 Å². The first-order valence-corrected chi connectivity index (χ1v) is 6.44. The molecule has 0 saturated heterocycles. The quantitative estimate of drug-likeness (QED) is 0.866. The Bertz CT molecular complexity index is 588. The van der Waals surface area contributed by atoms with Gasteiger partial charge in [0.05, 0.1) is 17.6 Å². The zero-order valence-electron chi connectivity index (χ0n) is 11.6. The van der Waals surface area contributed by atoms with Crippen LogP contribution in [0.3, 0.4) is 0 Å². The Hall–Kier alpha value is -1.88. The Balaban J connectivity index is 2.10. The Morgan fingerprint density at radius 1 is 1.42 bits per heavy atom. The van der Waals surface area contributed by atoms with Crippen LogP contribution in [-0.2, 0) is 18.4 Å². The molecule has 0 radical (unpaired) electrons. The Kier molecular flexibility index (Phi) is 3.85. The van der Waals surface area contributed by atoms with E-state index in [9.17, 15) is 4.79 Å². The monoisotopic (exact) mass is 260 g/mol. The van der Waals surface area contributed by atoms with Crippen molar-refractivity contribution in [2.24, 2.45) is 18.7 Å². The van der Waals surface area contributed by atoms with Crippen molar-refractivity contribution in [3.05, 3.63) is 30.1 Å². The molecule has 5 nitrogen and oxygen atoms in total. The second-order valence-corrected chi connectivity index (χ2v) is 4.94. The van der Waals surface area contributed by atoms with Gasteiger partial charge in [-0.1, -0.05) is 19.1 Å². The fraction of sp³-hybridized carbons (Fsp3) is 0.429. The van der Waals surface area contributed by atoms with Crippen LogP contribution in [0.5, 0.6) is 0 Å². The third-order valence-electron chi connectivity index (χ3n) is 3.50. The van der Waals surface area contributed by atoms with Gasteiger partial charge in [0.2, 0.25) is 5.91 Å². The number of aromatic nitrogens is 2. The van der Waals surface area contributed by atoms with Gasteiger partial charge in [-0.2, -0.15) is 0 Å². The van der Waals surface area contributed by atoms with Gasteiger partial charge in [0.25, 0.3) is 0 Å². The number of imidazole rings is 1. The predicted molar refractivity (Wildman–Crippen MR) is 75.4 cm³/mol. The first kappa shape index (κ1) is 13.5. The van der Waals surface area contributed by atoms with Crippen LogP contribution in [0.4, 0.5) is 0 Å². The molecule has 2 rings (SSSR count). The Morgan fingerprint density at radius 3 is 2.74 bits per heavy atom. The number of fused-ring (bicyclic) bond motifs is 1. The van der Waals surface area contributed by atoms with Crippen LogP contribution in [0.15, 0.2) is 24.3 Å². The minimum absolute atomic E-state index is 0.0398. The summed E-state index contributed by atoms with van der Waals surface area (Å²) < 4.78 is 1.99. The number of aryl methyl sites for hydroxylation is 1. The lowest BCUT2D eigenvalue weighted by Crippen LogP contribution is -2.38. The molecule has 0 saturated carbocycles. The molecule has 1 amide bonds. The number of carbonyl (C=O) groups is 1. The van der Waals surface area contributed by atoms with E-state index < -0.39 is 0 Å². The summed E-state index contributed by atoms with van der Waals surface area (Å²) in [5.41, 5.74) is 7.72. The van der Waals surface area contributed by atoms with Gasteiger partial charge < -0.3 is 15.6 Å². The van der Waals surface area contributed by atoms with Crippen LogP contribution in [0.1, 0.15) is 19.7 Å². The Labute approximate surface area is 112 Å². The van der Waals surface area contributed by atoms with Gasteiger partial charge in [-0.25, -0.2) is 4.98 Å². The molecule has 1 aromatic heterocycles. The van der Waals surface area contributed by atoms with Crippen LogP contribution in [0.25, 0.3) is 11.0 Å². The van der Waals surface area contributed by atoms with E-state index in [4.69, 9.17) is 5.73 Å². The van der Waals surface area contributed by atoms with E-state index in [0.29, 0.717) is 6.54 Å². The van der Waals surface area contributed by atoms with Crippen LogP contribution in [-0.4, -0.2) is 21.5 Å². The summed E-state index contributed by atoms with van der Waals surface area (Å²) in [6, 6.07) is 7.75. The minimum Gasteiger partial charge on any atom is -0.349 e. The molecule has 2 aromatic rings. The van der Waals surface area contributed by atoms with E-state index in [-0.39, 0.29) is 17.9 Å². The number of nitrogens with zero attached hydrogens (tertiary/aromatic N) is 2. The number of rotatable bonds is 4. The fourth-order valence-corrected chi connectivity index (χ4v) is 1.92. The predicted octanol–water partition coefficient (Wildman–Crippen LogP) is 1.17. The molecular formula is C14H20N4O. The molecule has 0 spiro atoms. The molecule has 0 aliphatic rings. The second-order valence-electron chi connectivity index (χ2n) is 4.94. The van der Waals surface area contributed by atoms with Crippen molar-refractivity contribution in [2.45, 2.75) is 26.4 Å². The van der Waals surface area contributed by atoms with E-state index >= 15 is 0 Å². The third-order valence-corrected chi connectivity index (χ3v) is 3.50. The number of nitrogens with two attached hydrogens (primary N) is 1. The zero-order chi connectivity index (χ0) is 14.0. The first-order valence-electron chi connectivity index (χ1n) is 6.44. The summed E-state index contributed by atoms with van der Waals surface area (Å²) in [6.45, 7) is 4.08. The van der Waals surface area contributed by atoms with Gasteiger partial charge in [0.1, 0.15) is 5.82 Å². The lowest BCUT2D eigenvalue weighted by molar-refractivity contribution is -0.125. The molecule has 0 fully saturated rings.